The highest BCUT2D eigenvalue weighted by Gasteiger charge is 2.00. The van der Waals surface area contributed by atoms with Crippen LogP contribution in [0.25, 0.3) is 0 Å². The Morgan fingerprint density at radius 2 is 1.12 bits per heavy atom. The maximum absolute atomic E-state index is 10.5. The lowest BCUT2D eigenvalue weighted by Gasteiger charge is -2.04. The van der Waals surface area contributed by atoms with Gasteiger partial charge in [-0.2, -0.15) is 0 Å². The summed E-state index contributed by atoms with van der Waals surface area (Å²) in [5.41, 5.74) is 0. The highest BCUT2D eigenvalue weighted by molar-refractivity contribution is 5.59. The van der Waals surface area contributed by atoms with E-state index in [9.17, 15) is 9.59 Å². The Bertz CT molecular complexity index is 181. The van der Waals surface area contributed by atoms with Crippen LogP contribution in [-0.2, 0) is 18.9 Å². The summed E-state index contributed by atoms with van der Waals surface area (Å²) in [5.74, 6) is 0. The van der Waals surface area contributed by atoms with Crippen LogP contribution in [0.4, 0.5) is 9.59 Å². The molecule has 0 unspecified atom stereocenters. The molecule has 0 aliphatic rings. The quantitative estimate of drug-likeness (QED) is 0.496. The molecule has 6 heteroatoms. The van der Waals surface area contributed by atoms with E-state index in [2.05, 4.69) is 18.9 Å². The summed E-state index contributed by atoms with van der Waals surface area (Å²) in [6, 6.07) is 0. The Hall–Kier alpha value is -1.46. The number of carbonyl (C=O) groups is 2. The Labute approximate surface area is 94.8 Å². The van der Waals surface area contributed by atoms with E-state index in [-0.39, 0.29) is 0 Å². The lowest BCUT2D eigenvalue weighted by Crippen LogP contribution is -2.06. The summed E-state index contributed by atoms with van der Waals surface area (Å²) in [6.45, 7) is 0.703. The predicted molar refractivity (Wildman–Crippen MR) is 55.2 cm³/mol. The van der Waals surface area contributed by atoms with Gasteiger partial charge in [-0.15, -0.1) is 0 Å². The van der Waals surface area contributed by atoms with Gasteiger partial charge in [-0.05, 0) is 25.7 Å². The number of ether oxygens (including phenoxy) is 4. The smallest absolute Gasteiger partial charge is 0.438 e. The van der Waals surface area contributed by atoms with Crippen LogP contribution < -0.4 is 0 Å². The molecule has 0 rings (SSSR count). The van der Waals surface area contributed by atoms with E-state index >= 15 is 0 Å². The van der Waals surface area contributed by atoms with Gasteiger partial charge in [0.25, 0.3) is 0 Å². The SMILES string of the molecule is COC(=O)OCCCCCCOC(=O)OC. The lowest BCUT2D eigenvalue weighted by atomic mass is 10.2. The lowest BCUT2D eigenvalue weighted by molar-refractivity contribution is 0.0674. The molecule has 0 saturated heterocycles. The van der Waals surface area contributed by atoms with Gasteiger partial charge in [-0.25, -0.2) is 9.59 Å². The largest absolute Gasteiger partial charge is 0.507 e. The zero-order valence-corrected chi connectivity index (χ0v) is 9.69. The second kappa shape index (κ2) is 10.1. The number of hydrogen-bond acceptors (Lipinski definition) is 6. The second-order valence-electron chi connectivity index (χ2n) is 3.02. The zero-order chi connectivity index (χ0) is 12.2. The Morgan fingerprint density at radius 1 is 0.750 bits per heavy atom. The van der Waals surface area contributed by atoms with Gasteiger partial charge in [0.15, 0.2) is 0 Å². The average Bonchev–Trinajstić information content (AvgIpc) is 2.31. The van der Waals surface area contributed by atoms with Gasteiger partial charge in [0.1, 0.15) is 0 Å². The second-order valence-corrected chi connectivity index (χ2v) is 3.02. The van der Waals surface area contributed by atoms with Crippen LogP contribution >= 0.6 is 0 Å². The van der Waals surface area contributed by atoms with Gasteiger partial charge < -0.3 is 18.9 Å². The normalized spacial score (nSPS) is 9.38. The summed E-state index contributed by atoms with van der Waals surface area (Å²) in [6.07, 6.45) is 2.03. The summed E-state index contributed by atoms with van der Waals surface area (Å²) < 4.78 is 18.0. The van der Waals surface area contributed by atoms with Gasteiger partial charge in [0.05, 0.1) is 27.4 Å². The van der Waals surface area contributed by atoms with Gasteiger partial charge in [0.2, 0.25) is 0 Å². The van der Waals surface area contributed by atoms with E-state index in [4.69, 9.17) is 0 Å². The molecule has 94 valence electrons. The molecule has 0 aliphatic carbocycles. The molecule has 0 radical (unpaired) electrons. The van der Waals surface area contributed by atoms with Crippen LogP contribution in [0.2, 0.25) is 0 Å². The fraction of sp³-hybridized carbons (Fsp3) is 0.800. The molecule has 0 atom stereocenters. The first-order chi connectivity index (χ1) is 7.70. The minimum atomic E-state index is -0.658. The summed E-state index contributed by atoms with van der Waals surface area (Å²) >= 11 is 0. The number of carbonyl (C=O) groups excluding carboxylic acids is 2. The molecule has 0 aliphatic heterocycles. The third kappa shape index (κ3) is 9.11. The van der Waals surface area contributed by atoms with Crippen LogP contribution in [0.3, 0.4) is 0 Å². The molecule has 6 nitrogen and oxygen atoms in total. The highest BCUT2D eigenvalue weighted by atomic mass is 16.7. The van der Waals surface area contributed by atoms with Gasteiger partial charge in [-0.1, -0.05) is 0 Å². The van der Waals surface area contributed by atoms with Crippen LogP contribution in [0.1, 0.15) is 25.7 Å². The standard InChI is InChI=1S/C10H18O6/c1-13-9(11)15-7-5-3-4-6-8-16-10(12)14-2/h3-8H2,1-2H3. The van der Waals surface area contributed by atoms with Crippen LogP contribution in [0.15, 0.2) is 0 Å². The fourth-order valence-electron chi connectivity index (χ4n) is 0.987. The van der Waals surface area contributed by atoms with Crippen molar-refractivity contribution in [3.8, 4) is 0 Å². The number of rotatable bonds is 7. The average molecular weight is 234 g/mol. The molecule has 0 aromatic heterocycles. The van der Waals surface area contributed by atoms with Crippen LogP contribution in [0, 0.1) is 0 Å². The Morgan fingerprint density at radius 3 is 1.44 bits per heavy atom. The van der Waals surface area contributed by atoms with E-state index in [0.29, 0.717) is 13.2 Å². The van der Waals surface area contributed by atoms with E-state index in [0.717, 1.165) is 25.7 Å². The van der Waals surface area contributed by atoms with Crippen LogP contribution in [-0.4, -0.2) is 39.7 Å². The minimum Gasteiger partial charge on any atom is -0.438 e. The first kappa shape index (κ1) is 14.5. The van der Waals surface area contributed by atoms with E-state index in [1.807, 2.05) is 0 Å². The van der Waals surface area contributed by atoms with Crippen molar-refractivity contribution in [3.05, 3.63) is 0 Å². The van der Waals surface area contributed by atoms with E-state index in [1.54, 1.807) is 0 Å². The van der Waals surface area contributed by atoms with Crippen molar-refractivity contribution in [3.63, 3.8) is 0 Å². The molecular weight excluding hydrogens is 216 g/mol. The van der Waals surface area contributed by atoms with Crippen molar-refractivity contribution in [2.75, 3.05) is 27.4 Å². The van der Waals surface area contributed by atoms with Gasteiger partial charge >= 0.3 is 12.3 Å². The molecule has 0 aromatic rings. The minimum absolute atomic E-state index is 0.352. The number of unbranched alkanes of at least 4 members (excludes halogenated alkanes) is 3. The molecule has 0 heterocycles. The van der Waals surface area contributed by atoms with Crippen molar-refractivity contribution < 1.29 is 28.5 Å². The summed E-state index contributed by atoms with van der Waals surface area (Å²) in [5, 5.41) is 0. The third-order valence-corrected chi connectivity index (χ3v) is 1.81. The molecule has 0 bridgehead atoms. The Kier molecular flexibility index (Phi) is 9.15. The van der Waals surface area contributed by atoms with Gasteiger partial charge in [-0.3, -0.25) is 0 Å². The molecule has 0 saturated carbocycles. The van der Waals surface area contributed by atoms with Gasteiger partial charge in [0, 0.05) is 0 Å². The molecule has 0 fully saturated rings. The molecule has 0 aromatic carbocycles. The molecule has 16 heavy (non-hydrogen) atoms. The first-order valence-corrected chi connectivity index (χ1v) is 5.12. The molecule has 0 N–H and O–H groups in total. The van der Waals surface area contributed by atoms with Crippen molar-refractivity contribution in [2.24, 2.45) is 0 Å². The van der Waals surface area contributed by atoms with E-state index < -0.39 is 12.3 Å². The fourth-order valence-corrected chi connectivity index (χ4v) is 0.987. The summed E-state index contributed by atoms with van der Waals surface area (Å²) in [7, 11) is 2.54. The number of hydrogen-bond donors (Lipinski definition) is 0. The molecular formula is C10H18O6. The highest BCUT2D eigenvalue weighted by Crippen LogP contribution is 2.01. The third-order valence-electron chi connectivity index (χ3n) is 1.81. The topological polar surface area (TPSA) is 71.1 Å². The van der Waals surface area contributed by atoms with Crippen molar-refractivity contribution in [1.29, 1.82) is 0 Å². The van der Waals surface area contributed by atoms with Crippen molar-refractivity contribution >= 4 is 12.3 Å². The van der Waals surface area contributed by atoms with Crippen molar-refractivity contribution in [2.45, 2.75) is 25.7 Å². The maximum Gasteiger partial charge on any atom is 0.507 e. The number of methoxy groups -OCH3 is 2. The van der Waals surface area contributed by atoms with E-state index in [1.165, 1.54) is 14.2 Å². The Balaban J connectivity index is 3.10. The molecule has 0 spiro atoms. The summed E-state index contributed by atoms with van der Waals surface area (Å²) in [4.78, 5) is 21.1. The first-order valence-electron chi connectivity index (χ1n) is 5.12. The van der Waals surface area contributed by atoms with Crippen LogP contribution in [0.5, 0.6) is 0 Å². The maximum atomic E-state index is 10.5. The monoisotopic (exact) mass is 234 g/mol. The molecule has 0 amide bonds. The predicted octanol–water partition coefficient (Wildman–Crippen LogP) is 2.11. The van der Waals surface area contributed by atoms with Crippen molar-refractivity contribution in [1.82, 2.24) is 0 Å². The zero-order valence-electron chi connectivity index (χ0n) is 9.69.